The first-order valence-corrected chi connectivity index (χ1v) is 20.4. The number of hydrogen-bond donors (Lipinski definition) is 3. The number of aryl methyl sites for hydroxylation is 3. The number of amides is 2. The Morgan fingerprint density at radius 2 is 1.64 bits per heavy atom. The van der Waals surface area contributed by atoms with Crippen LogP contribution < -0.4 is 31.9 Å². The highest BCUT2D eigenvalue weighted by atomic mass is 35.5. The maximum absolute atomic E-state index is 13.1. The average molecular weight is 834 g/mol. The van der Waals surface area contributed by atoms with Gasteiger partial charge in [-0.1, -0.05) is 67.4 Å². The SMILES string of the molecule is CC.CNCCC1CCN(CCOC)C(=O)N1.COc1nc(-c2cccc(-c3cccc(Nc4nc(C)cc5c4c(=O)n(C)c(=O)n5C)c3Cl)c2Cl)cc2c1CCC2. The fraction of sp³-hybridized carbons (Fsp3) is 0.419. The lowest BCUT2D eigenvalue weighted by Crippen LogP contribution is -2.52. The predicted octanol–water partition coefficient (Wildman–Crippen LogP) is 7.27. The second-order valence-corrected chi connectivity index (χ2v) is 14.7. The van der Waals surface area contributed by atoms with E-state index in [1.165, 1.54) is 17.2 Å². The second kappa shape index (κ2) is 20.1. The summed E-state index contributed by atoms with van der Waals surface area (Å²) in [6, 6.07) is 15.5. The number of carbonyl (C=O) groups excluding carboxylic acids is 1. The molecule has 1 aliphatic carbocycles. The average Bonchev–Trinajstić information content (AvgIpc) is 3.71. The summed E-state index contributed by atoms with van der Waals surface area (Å²) >= 11 is 14.0. The van der Waals surface area contributed by atoms with Crippen molar-refractivity contribution in [3.05, 3.63) is 96.2 Å². The lowest BCUT2D eigenvalue weighted by molar-refractivity contribution is 0.133. The summed E-state index contributed by atoms with van der Waals surface area (Å²) < 4.78 is 13.1. The van der Waals surface area contributed by atoms with Gasteiger partial charge in [0.25, 0.3) is 5.56 Å². The van der Waals surface area contributed by atoms with Crippen molar-refractivity contribution in [1.82, 2.24) is 34.6 Å². The van der Waals surface area contributed by atoms with Gasteiger partial charge in [-0.15, -0.1) is 0 Å². The number of fused-ring (bicyclic) bond motifs is 2. The Morgan fingerprint density at radius 1 is 0.931 bits per heavy atom. The molecule has 1 unspecified atom stereocenters. The molecule has 13 nitrogen and oxygen atoms in total. The van der Waals surface area contributed by atoms with E-state index in [9.17, 15) is 14.4 Å². The molecule has 0 radical (unpaired) electrons. The van der Waals surface area contributed by atoms with Gasteiger partial charge in [0.2, 0.25) is 5.88 Å². The van der Waals surface area contributed by atoms with Gasteiger partial charge in [0.15, 0.2) is 0 Å². The summed E-state index contributed by atoms with van der Waals surface area (Å²) in [5, 5.41) is 10.6. The molecule has 2 aromatic carbocycles. The number of hydrogen-bond acceptors (Lipinski definition) is 9. The van der Waals surface area contributed by atoms with Crippen molar-refractivity contribution in [1.29, 1.82) is 0 Å². The molecular formula is C43H54Cl2N8O5. The third kappa shape index (κ3) is 9.50. The Bertz CT molecular complexity index is 2380. The zero-order chi connectivity index (χ0) is 42.1. The fourth-order valence-corrected chi connectivity index (χ4v) is 7.86. The van der Waals surface area contributed by atoms with Gasteiger partial charge in [-0.2, -0.15) is 0 Å². The van der Waals surface area contributed by atoms with Crippen LogP contribution in [0.3, 0.4) is 0 Å². The van der Waals surface area contributed by atoms with Crippen LogP contribution in [-0.4, -0.2) is 83.6 Å². The van der Waals surface area contributed by atoms with Gasteiger partial charge in [-0.25, -0.2) is 19.6 Å². The third-order valence-corrected chi connectivity index (χ3v) is 11.1. The maximum atomic E-state index is 13.1. The van der Waals surface area contributed by atoms with Crippen LogP contribution in [0.25, 0.3) is 33.3 Å². The molecule has 3 N–H and O–H groups in total. The number of ether oxygens (including phenoxy) is 2. The van der Waals surface area contributed by atoms with Crippen LogP contribution in [0.5, 0.6) is 5.88 Å². The molecule has 2 aliphatic rings. The molecule has 1 aliphatic heterocycles. The fourth-order valence-electron chi connectivity index (χ4n) is 7.26. The highest BCUT2D eigenvalue weighted by molar-refractivity contribution is 6.39. The first-order valence-electron chi connectivity index (χ1n) is 19.6. The highest BCUT2D eigenvalue weighted by Crippen LogP contribution is 2.43. The van der Waals surface area contributed by atoms with Crippen LogP contribution >= 0.6 is 23.2 Å². The lowest BCUT2D eigenvalue weighted by atomic mass is 9.99. The van der Waals surface area contributed by atoms with Crippen molar-refractivity contribution < 1.29 is 14.3 Å². The van der Waals surface area contributed by atoms with Crippen molar-refractivity contribution in [2.75, 3.05) is 52.8 Å². The largest absolute Gasteiger partial charge is 0.481 e. The molecule has 1 atom stereocenters. The standard InChI is InChI=1S/C31H27Cl2N5O3.C10H21N3O2.C2H6/c1-16-14-24-25(30(39)38(3)31(40)37(24)2)28(34-16)35-22-13-7-11-20(27(22)33)19-10-6-12-21(26(19)32)23-15-17-8-5-9-18(17)29(36-23)41-4;1-11-5-3-9-4-6-13(7-8-15-2)10(14)12-9;1-2/h6-7,10-15H,5,8-9H2,1-4H3,(H,34,35);9,11H,3-8H2,1-2H3,(H,12,14);1-2H3. The summed E-state index contributed by atoms with van der Waals surface area (Å²) in [5.74, 6) is 0.951. The summed E-state index contributed by atoms with van der Waals surface area (Å²) in [5.41, 5.74) is 6.17. The molecule has 58 heavy (non-hydrogen) atoms. The smallest absolute Gasteiger partial charge is 0.330 e. The van der Waals surface area contributed by atoms with Crippen LogP contribution in [0, 0.1) is 6.92 Å². The number of rotatable bonds is 11. The number of carbonyl (C=O) groups is 1. The van der Waals surface area contributed by atoms with Crippen LogP contribution in [0.4, 0.5) is 16.3 Å². The Hall–Kier alpha value is -4.95. The Labute approximate surface area is 349 Å². The van der Waals surface area contributed by atoms with Crippen LogP contribution in [-0.2, 0) is 31.7 Å². The van der Waals surface area contributed by atoms with E-state index in [0.717, 1.165) is 72.1 Å². The van der Waals surface area contributed by atoms with Gasteiger partial charge in [0.05, 0.1) is 40.7 Å². The third-order valence-electron chi connectivity index (χ3n) is 10.3. The van der Waals surface area contributed by atoms with E-state index in [2.05, 4.69) is 27.0 Å². The molecule has 0 spiro atoms. The first kappa shape index (κ1) is 44.2. The van der Waals surface area contributed by atoms with Crippen LogP contribution in [0.1, 0.15) is 49.9 Å². The first-order chi connectivity index (χ1) is 28.0. The van der Waals surface area contributed by atoms with Crippen LogP contribution in [0.2, 0.25) is 10.0 Å². The quantitative estimate of drug-likeness (QED) is 0.125. The van der Waals surface area contributed by atoms with Gasteiger partial charge in [0.1, 0.15) is 11.2 Å². The molecule has 3 aromatic heterocycles. The van der Waals surface area contributed by atoms with Crippen molar-refractivity contribution in [3.8, 4) is 28.3 Å². The molecule has 1 fully saturated rings. The van der Waals surface area contributed by atoms with Gasteiger partial charge >= 0.3 is 11.7 Å². The van der Waals surface area contributed by atoms with Gasteiger partial charge in [0, 0.05) is 68.3 Å². The Balaban J connectivity index is 0.000000317. The summed E-state index contributed by atoms with van der Waals surface area (Å²) in [7, 11) is 8.29. The number of anilines is 2. The molecule has 5 aromatic rings. The van der Waals surface area contributed by atoms with E-state index < -0.39 is 11.2 Å². The minimum absolute atomic E-state index is 0.0411. The van der Waals surface area contributed by atoms with E-state index >= 15 is 0 Å². The monoisotopic (exact) mass is 832 g/mol. The molecule has 310 valence electrons. The molecule has 7 rings (SSSR count). The van der Waals surface area contributed by atoms with E-state index in [4.69, 9.17) is 37.7 Å². The number of benzene rings is 2. The number of halogens is 2. The topological polar surface area (TPSA) is 145 Å². The zero-order valence-corrected chi connectivity index (χ0v) is 36.1. The summed E-state index contributed by atoms with van der Waals surface area (Å²) in [6.45, 7) is 8.88. The van der Waals surface area contributed by atoms with E-state index in [1.807, 2.05) is 51.2 Å². The van der Waals surface area contributed by atoms with E-state index in [-0.39, 0.29) is 6.03 Å². The van der Waals surface area contributed by atoms with Gasteiger partial charge in [-0.05, 0) is 76.4 Å². The predicted molar refractivity (Wildman–Crippen MR) is 234 cm³/mol. The molecule has 15 heteroatoms. The number of pyridine rings is 2. The summed E-state index contributed by atoms with van der Waals surface area (Å²) in [6.07, 6.45) is 5.05. The van der Waals surface area contributed by atoms with E-state index in [1.54, 1.807) is 45.2 Å². The number of nitrogens with one attached hydrogen (secondary N) is 3. The van der Waals surface area contributed by atoms with E-state index in [0.29, 0.717) is 68.8 Å². The minimum Gasteiger partial charge on any atom is -0.481 e. The lowest BCUT2D eigenvalue weighted by Gasteiger charge is -2.32. The number of methoxy groups -OCH3 is 2. The van der Waals surface area contributed by atoms with Gasteiger partial charge < -0.3 is 30.3 Å². The Kier molecular flexibility index (Phi) is 15.3. The van der Waals surface area contributed by atoms with Crippen molar-refractivity contribution in [2.45, 2.75) is 58.9 Å². The molecule has 4 heterocycles. The maximum Gasteiger partial charge on any atom is 0.330 e. The number of aromatic nitrogens is 4. The van der Waals surface area contributed by atoms with Crippen LogP contribution in [0.15, 0.2) is 58.1 Å². The zero-order valence-electron chi connectivity index (χ0n) is 34.6. The minimum atomic E-state index is -0.446. The second-order valence-electron chi connectivity index (χ2n) is 14.0. The normalized spacial score (nSPS) is 14.6. The molecule has 1 saturated heterocycles. The number of nitrogens with zero attached hydrogens (tertiary/aromatic N) is 5. The van der Waals surface area contributed by atoms with Gasteiger partial charge in [-0.3, -0.25) is 13.9 Å². The molecular weight excluding hydrogens is 779 g/mol. The Morgan fingerprint density at radius 3 is 2.33 bits per heavy atom. The summed E-state index contributed by atoms with van der Waals surface area (Å²) in [4.78, 5) is 48.4. The molecule has 2 amide bonds. The van der Waals surface area contributed by atoms with Crippen molar-refractivity contribution >= 4 is 51.6 Å². The van der Waals surface area contributed by atoms with Crippen molar-refractivity contribution in [2.24, 2.45) is 14.1 Å². The highest BCUT2D eigenvalue weighted by Gasteiger charge is 2.24. The molecule has 0 bridgehead atoms. The molecule has 0 saturated carbocycles. The van der Waals surface area contributed by atoms with Crippen molar-refractivity contribution in [3.63, 3.8) is 0 Å². The number of urea groups is 1.